The van der Waals surface area contributed by atoms with E-state index in [1.807, 2.05) is 36.7 Å². The molecule has 1 heterocycles. The summed E-state index contributed by atoms with van der Waals surface area (Å²) in [5.74, 6) is -1.84. The molecule has 1 aromatic carbocycles. The van der Waals surface area contributed by atoms with Gasteiger partial charge in [-0.25, -0.2) is 0 Å². The van der Waals surface area contributed by atoms with Crippen LogP contribution in [0.15, 0.2) is 30.3 Å². The van der Waals surface area contributed by atoms with Crippen LogP contribution in [0.3, 0.4) is 0 Å². The first kappa shape index (κ1) is 17.7. The van der Waals surface area contributed by atoms with Crippen molar-refractivity contribution in [3.63, 3.8) is 0 Å². The predicted octanol–water partition coefficient (Wildman–Crippen LogP) is 2.39. The molecule has 128 valence electrons. The number of amides is 1. The van der Waals surface area contributed by atoms with E-state index in [1.54, 1.807) is 26.0 Å². The number of aryl methyl sites for hydroxylation is 2. The highest BCUT2D eigenvalue weighted by Gasteiger charge is 2.21. The lowest BCUT2D eigenvalue weighted by atomic mass is 10.0. The number of hydrogen-bond donors (Lipinski definition) is 2. The molecule has 0 radical (unpaired) electrons. The Bertz CT molecular complexity index is 734. The SMILES string of the molecule is Cc1cc(C)n(Cc2ccc(C(=O)NC(C)C(C)C(=O)O)cc2)n1. The molecule has 24 heavy (non-hydrogen) atoms. The first-order valence-electron chi connectivity index (χ1n) is 7.91. The normalized spacial score (nSPS) is 13.3. The van der Waals surface area contributed by atoms with Crippen LogP contribution < -0.4 is 5.32 Å². The molecule has 2 unspecified atom stereocenters. The summed E-state index contributed by atoms with van der Waals surface area (Å²) in [6.45, 7) is 7.87. The number of carboxylic acid groups (broad SMARTS) is 1. The molecule has 0 saturated heterocycles. The first-order chi connectivity index (χ1) is 11.3. The van der Waals surface area contributed by atoms with Crippen LogP contribution in [0, 0.1) is 19.8 Å². The van der Waals surface area contributed by atoms with Crippen LogP contribution in [0.25, 0.3) is 0 Å². The molecule has 0 aliphatic carbocycles. The number of aromatic nitrogens is 2. The summed E-state index contributed by atoms with van der Waals surface area (Å²) in [6.07, 6.45) is 0. The Morgan fingerprint density at radius 3 is 2.33 bits per heavy atom. The number of carboxylic acids is 1. The third kappa shape index (κ3) is 4.22. The summed E-state index contributed by atoms with van der Waals surface area (Å²) < 4.78 is 1.92. The van der Waals surface area contributed by atoms with E-state index >= 15 is 0 Å². The van der Waals surface area contributed by atoms with E-state index in [-0.39, 0.29) is 5.91 Å². The van der Waals surface area contributed by atoms with Crippen molar-refractivity contribution >= 4 is 11.9 Å². The Labute approximate surface area is 141 Å². The van der Waals surface area contributed by atoms with Crippen molar-refractivity contribution in [2.24, 2.45) is 5.92 Å². The molecular weight excluding hydrogens is 306 g/mol. The molecule has 0 saturated carbocycles. The van der Waals surface area contributed by atoms with Gasteiger partial charge in [0.1, 0.15) is 0 Å². The van der Waals surface area contributed by atoms with E-state index in [0.717, 1.165) is 17.0 Å². The molecule has 0 aliphatic rings. The molecule has 2 aromatic rings. The Morgan fingerprint density at radius 1 is 1.21 bits per heavy atom. The van der Waals surface area contributed by atoms with Crippen molar-refractivity contribution in [3.05, 3.63) is 52.8 Å². The zero-order valence-corrected chi connectivity index (χ0v) is 14.4. The van der Waals surface area contributed by atoms with Crippen molar-refractivity contribution < 1.29 is 14.7 Å². The van der Waals surface area contributed by atoms with Crippen LogP contribution in [0.1, 0.15) is 41.2 Å². The summed E-state index contributed by atoms with van der Waals surface area (Å²) in [5, 5.41) is 16.1. The van der Waals surface area contributed by atoms with E-state index in [2.05, 4.69) is 10.4 Å². The largest absolute Gasteiger partial charge is 0.481 e. The number of nitrogens with zero attached hydrogens (tertiary/aromatic N) is 2. The third-order valence-electron chi connectivity index (χ3n) is 4.15. The number of carbonyl (C=O) groups excluding carboxylic acids is 1. The van der Waals surface area contributed by atoms with Gasteiger partial charge in [-0.3, -0.25) is 14.3 Å². The van der Waals surface area contributed by atoms with Crippen LogP contribution in [-0.2, 0) is 11.3 Å². The Morgan fingerprint density at radius 2 is 1.83 bits per heavy atom. The lowest BCUT2D eigenvalue weighted by Gasteiger charge is -2.17. The van der Waals surface area contributed by atoms with Gasteiger partial charge >= 0.3 is 5.97 Å². The van der Waals surface area contributed by atoms with Gasteiger partial charge in [-0.2, -0.15) is 5.10 Å². The van der Waals surface area contributed by atoms with Gasteiger partial charge in [-0.1, -0.05) is 12.1 Å². The van der Waals surface area contributed by atoms with Crippen LogP contribution in [0.4, 0.5) is 0 Å². The van der Waals surface area contributed by atoms with Crippen LogP contribution >= 0.6 is 0 Å². The minimum absolute atomic E-state index is 0.270. The van der Waals surface area contributed by atoms with Crippen molar-refractivity contribution in [2.75, 3.05) is 0 Å². The van der Waals surface area contributed by atoms with Gasteiger partial charge in [0.25, 0.3) is 5.91 Å². The summed E-state index contributed by atoms with van der Waals surface area (Å²) in [6, 6.07) is 8.84. The fraction of sp³-hybridized carbons (Fsp3) is 0.389. The molecule has 0 bridgehead atoms. The fourth-order valence-electron chi connectivity index (χ4n) is 2.40. The first-order valence-corrected chi connectivity index (χ1v) is 7.91. The van der Waals surface area contributed by atoms with Crippen molar-refractivity contribution in [1.82, 2.24) is 15.1 Å². The number of aliphatic carboxylic acids is 1. The molecule has 1 amide bonds. The van der Waals surface area contributed by atoms with E-state index in [9.17, 15) is 9.59 Å². The topological polar surface area (TPSA) is 84.2 Å². The monoisotopic (exact) mass is 329 g/mol. The average molecular weight is 329 g/mol. The third-order valence-corrected chi connectivity index (χ3v) is 4.15. The van der Waals surface area contributed by atoms with Crippen molar-refractivity contribution in [3.8, 4) is 0 Å². The van der Waals surface area contributed by atoms with E-state index in [4.69, 9.17) is 5.11 Å². The lowest BCUT2D eigenvalue weighted by molar-refractivity contribution is -0.141. The van der Waals surface area contributed by atoms with E-state index in [0.29, 0.717) is 12.1 Å². The number of carbonyl (C=O) groups is 2. The standard InChI is InChI=1S/C18H23N3O3/c1-11-9-12(2)21(20-11)10-15-5-7-16(8-6-15)17(22)19-14(4)13(3)18(23)24/h5-9,13-14H,10H2,1-4H3,(H,19,22)(H,23,24). The quantitative estimate of drug-likeness (QED) is 0.852. The minimum Gasteiger partial charge on any atom is -0.481 e. The van der Waals surface area contributed by atoms with Crippen molar-refractivity contribution in [2.45, 2.75) is 40.3 Å². The second-order valence-corrected chi connectivity index (χ2v) is 6.17. The highest BCUT2D eigenvalue weighted by molar-refractivity contribution is 5.94. The maximum absolute atomic E-state index is 12.2. The van der Waals surface area contributed by atoms with E-state index < -0.39 is 17.9 Å². The summed E-state index contributed by atoms with van der Waals surface area (Å²) >= 11 is 0. The van der Waals surface area contributed by atoms with Gasteiger partial charge in [0, 0.05) is 17.3 Å². The zero-order chi connectivity index (χ0) is 17.9. The van der Waals surface area contributed by atoms with Gasteiger partial charge in [-0.05, 0) is 51.5 Å². The van der Waals surface area contributed by atoms with Crippen LogP contribution in [0.5, 0.6) is 0 Å². The van der Waals surface area contributed by atoms with Gasteiger partial charge in [0.05, 0.1) is 18.2 Å². The second kappa shape index (κ2) is 7.29. The molecule has 6 heteroatoms. The molecule has 2 N–H and O–H groups in total. The summed E-state index contributed by atoms with van der Waals surface area (Å²) in [5.41, 5.74) is 3.62. The molecular formula is C18H23N3O3. The lowest BCUT2D eigenvalue weighted by Crippen LogP contribution is -2.40. The maximum Gasteiger partial charge on any atom is 0.308 e. The Balaban J connectivity index is 2.02. The second-order valence-electron chi connectivity index (χ2n) is 6.17. The molecule has 0 aliphatic heterocycles. The molecule has 1 aromatic heterocycles. The van der Waals surface area contributed by atoms with Crippen LogP contribution in [0.2, 0.25) is 0 Å². The highest BCUT2D eigenvalue weighted by atomic mass is 16.4. The Kier molecular flexibility index (Phi) is 5.39. The summed E-state index contributed by atoms with van der Waals surface area (Å²) in [7, 11) is 0. The zero-order valence-electron chi connectivity index (χ0n) is 14.4. The highest BCUT2D eigenvalue weighted by Crippen LogP contribution is 2.10. The predicted molar refractivity (Wildman–Crippen MR) is 91.0 cm³/mol. The van der Waals surface area contributed by atoms with Crippen LogP contribution in [-0.4, -0.2) is 32.8 Å². The van der Waals surface area contributed by atoms with Gasteiger partial charge in [0.15, 0.2) is 0 Å². The molecule has 0 spiro atoms. The minimum atomic E-state index is -0.928. The van der Waals surface area contributed by atoms with Crippen molar-refractivity contribution in [1.29, 1.82) is 0 Å². The fourth-order valence-corrected chi connectivity index (χ4v) is 2.40. The molecule has 2 rings (SSSR count). The number of rotatable bonds is 6. The van der Waals surface area contributed by atoms with Gasteiger partial charge in [0.2, 0.25) is 0 Å². The number of benzene rings is 1. The molecule has 6 nitrogen and oxygen atoms in total. The smallest absolute Gasteiger partial charge is 0.308 e. The summed E-state index contributed by atoms with van der Waals surface area (Å²) in [4.78, 5) is 23.1. The van der Waals surface area contributed by atoms with E-state index in [1.165, 1.54) is 0 Å². The molecule has 2 atom stereocenters. The maximum atomic E-state index is 12.2. The molecule has 0 fully saturated rings. The van der Waals surface area contributed by atoms with Gasteiger partial charge in [-0.15, -0.1) is 0 Å². The average Bonchev–Trinajstić information content (AvgIpc) is 2.84. The number of nitrogens with one attached hydrogen (secondary N) is 1. The number of hydrogen-bond acceptors (Lipinski definition) is 3. The van der Waals surface area contributed by atoms with Gasteiger partial charge < -0.3 is 10.4 Å². The Hall–Kier alpha value is -2.63.